The standard InChI is InChI=1S/C19H20Cl2N2O3/c20-14-8-9-16(17(21)12-14)19(25)23-13-18(24)22-10-4-5-11-26-15-6-2-1-3-7-15/h1-3,6-9,12H,4-5,10-11,13H2,(H,22,24)(H,23,25). The van der Waals surface area contributed by atoms with E-state index in [1.165, 1.54) is 12.1 Å². The van der Waals surface area contributed by atoms with Crippen LogP contribution in [0.4, 0.5) is 0 Å². The number of carbonyl (C=O) groups is 2. The smallest absolute Gasteiger partial charge is 0.253 e. The molecule has 2 amide bonds. The number of halogens is 2. The van der Waals surface area contributed by atoms with Crippen LogP contribution >= 0.6 is 23.2 Å². The first-order valence-electron chi connectivity index (χ1n) is 8.24. The minimum absolute atomic E-state index is 0.113. The lowest BCUT2D eigenvalue weighted by atomic mass is 10.2. The number of hydrogen-bond acceptors (Lipinski definition) is 3. The van der Waals surface area contributed by atoms with Gasteiger partial charge in [-0.2, -0.15) is 0 Å². The second-order valence-corrected chi connectivity index (χ2v) is 6.37. The molecule has 0 bridgehead atoms. The van der Waals surface area contributed by atoms with Crippen LogP contribution in [0, 0.1) is 0 Å². The summed E-state index contributed by atoms with van der Waals surface area (Å²) in [6, 6.07) is 14.1. The molecule has 2 rings (SSSR count). The molecule has 0 radical (unpaired) electrons. The summed E-state index contributed by atoms with van der Waals surface area (Å²) in [7, 11) is 0. The van der Waals surface area contributed by atoms with Gasteiger partial charge in [0.2, 0.25) is 5.91 Å². The number of benzene rings is 2. The average molecular weight is 395 g/mol. The third-order valence-corrected chi connectivity index (χ3v) is 4.04. The summed E-state index contributed by atoms with van der Waals surface area (Å²) >= 11 is 11.7. The van der Waals surface area contributed by atoms with Crippen molar-refractivity contribution in [3.8, 4) is 5.75 Å². The zero-order valence-electron chi connectivity index (χ0n) is 14.1. The molecule has 2 N–H and O–H groups in total. The molecule has 0 spiro atoms. The maximum absolute atomic E-state index is 12.0. The summed E-state index contributed by atoms with van der Waals surface area (Å²) < 4.78 is 5.57. The van der Waals surface area contributed by atoms with Crippen molar-refractivity contribution in [3.05, 3.63) is 64.1 Å². The van der Waals surface area contributed by atoms with Crippen LogP contribution in [-0.2, 0) is 4.79 Å². The Morgan fingerprint density at radius 3 is 2.46 bits per heavy atom. The van der Waals surface area contributed by atoms with E-state index in [-0.39, 0.29) is 23.0 Å². The van der Waals surface area contributed by atoms with Crippen LogP contribution in [0.3, 0.4) is 0 Å². The summed E-state index contributed by atoms with van der Waals surface area (Å²) in [6.07, 6.45) is 1.61. The van der Waals surface area contributed by atoms with Gasteiger partial charge in [0.15, 0.2) is 0 Å². The van der Waals surface area contributed by atoms with Gasteiger partial charge in [0.25, 0.3) is 5.91 Å². The minimum Gasteiger partial charge on any atom is -0.494 e. The zero-order chi connectivity index (χ0) is 18.8. The highest BCUT2D eigenvalue weighted by molar-refractivity contribution is 6.36. The van der Waals surface area contributed by atoms with E-state index in [0.29, 0.717) is 18.2 Å². The highest BCUT2D eigenvalue weighted by Crippen LogP contribution is 2.20. The van der Waals surface area contributed by atoms with Crippen molar-refractivity contribution in [2.45, 2.75) is 12.8 Å². The van der Waals surface area contributed by atoms with Gasteiger partial charge in [-0.1, -0.05) is 41.4 Å². The highest BCUT2D eigenvalue weighted by Gasteiger charge is 2.11. The second kappa shape index (κ2) is 10.7. The number of nitrogens with one attached hydrogen (secondary N) is 2. The van der Waals surface area contributed by atoms with E-state index in [1.54, 1.807) is 6.07 Å². The number of para-hydroxylation sites is 1. The van der Waals surface area contributed by atoms with Crippen molar-refractivity contribution in [3.63, 3.8) is 0 Å². The molecule has 0 fully saturated rings. The van der Waals surface area contributed by atoms with Gasteiger partial charge in [-0.3, -0.25) is 9.59 Å². The topological polar surface area (TPSA) is 67.4 Å². The summed E-state index contributed by atoms with van der Waals surface area (Å²) in [5.74, 6) is 0.158. The molecule has 138 valence electrons. The van der Waals surface area contributed by atoms with E-state index in [1.807, 2.05) is 30.3 Å². The average Bonchev–Trinajstić information content (AvgIpc) is 2.63. The monoisotopic (exact) mass is 394 g/mol. The second-order valence-electron chi connectivity index (χ2n) is 5.53. The molecule has 0 saturated carbocycles. The van der Waals surface area contributed by atoms with E-state index in [9.17, 15) is 9.59 Å². The number of amides is 2. The van der Waals surface area contributed by atoms with Crippen LogP contribution in [0.2, 0.25) is 10.0 Å². The van der Waals surface area contributed by atoms with Crippen LogP contribution in [0.5, 0.6) is 5.75 Å². The summed E-state index contributed by atoms with van der Waals surface area (Å²) in [4.78, 5) is 23.8. The van der Waals surface area contributed by atoms with E-state index in [0.717, 1.165) is 18.6 Å². The van der Waals surface area contributed by atoms with Crippen LogP contribution in [0.1, 0.15) is 23.2 Å². The van der Waals surface area contributed by atoms with Gasteiger partial charge >= 0.3 is 0 Å². The molecule has 0 aliphatic rings. The van der Waals surface area contributed by atoms with Gasteiger partial charge in [0.05, 0.1) is 23.7 Å². The van der Waals surface area contributed by atoms with Gasteiger partial charge in [0.1, 0.15) is 5.75 Å². The van der Waals surface area contributed by atoms with Gasteiger partial charge in [0, 0.05) is 11.6 Å². The first-order valence-corrected chi connectivity index (χ1v) is 8.99. The normalized spacial score (nSPS) is 10.2. The third-order valence-electron chi connectivity index (χ3n) is 3.49. The SMILES string of the molecule is O=C(CNC(=O)c1ccc(Cl)cc1Cl)NCCCCOc1ccccc1. The van der Waals surface area contributed by atoms with Crippen LogP contribution in [-0.4, -0.2) is 31.5 Å². The number of carbonyl (C=O) groups excluding carboxylic acids is 2. The van der Waals surface area contributed by atoms with Crippen molar-refractivity contribution in [1.82, 2.24) is 10.6 Å². The zero-order valence-corrected chi connectivity index (χ0v) is 15.6. The van der Waals surface area contributed by atoms with E-state index >= 15 is 0 Å². The Morgan fingerprint density at radius 2 is 1.73 bits per heavy atom. The van der Waals surface area contributed by atoms with Crippen LogP contribution in [0.25, 0.3) is 0 Å². The molecule has 0 aliphatic carbocycles. The lowest BCUT2D eigenvalue weighted by molar-refractivity contribution is -0.120. The molecule has 0 aliphatic heterocycles. The summed E-state index contributed by atoms with van der Waals surface area (Å²) in [6.45, 7) is 0.999. The number of ether oxygens (including phenoxy) is 1. The predicted molar refractivity (Wildman–Crippen MR) is 103 cm³/mol. The molecule has 5 nitrogen and oxygen atoms in total. The molecule has 7 heteroatoms. The molecule has 0 heterocycles. The Bertz CT molecular complexity index is 739. The molecular formula is C19H20Cl2N2O3. The predicted octanol–water partition coefficient (Wildman–Crippen LogP) is 3.70. The number of rotatable bonds is 9. The first kappa shape index (κ1) is 20.1. The quantitative estimate of drug-likeness (QED) is 0.637. The van der Waals surface area contributed by atoms with E-state index in [4.69, 9.17) is 27.9 Å². The fourth-order valence-electron chi connectivity index (χ4n) is 2.15. The molecule has 0 unspecified atom stereocenters. The van der Waals surface area contributed by atoms with Crippen molar-refractivity contribution in [2.24, 2.45) is 0 Å². The fourth-order valence-corrected chi connectivity index (χ4v) is 2.65. The van der Waals surface area contributed by atoms with Crippen LogP contribution < -0.4 is 15.4 Å². The molecule has 0 atom stereocenters. The number of unbranched alkanes of at least 4 members (excludes halogenated alkanes) is 1. The summed E-state index contributed by atoms with van der Waals surface area (Å²) in [5, 5.41) is 5.97. The molecule has 2 aromatic carbocycles. The van der Waals surface area contributed by atoms with Crippen LogP contribution in [0.15, 0.2) is 48.5 Å². The van der Waals surface area contributed by atoms with Crippen molar-refractivity contribution < 1.29 is 14.3 Å². The largest absolute Gasteiger partial charge is 0.494 e. The lowest BCUT2D eigenvalue weighted by Gasteiger charge is -2.09. The molecule has 0 aromatic heterocycles. The lowest BCUT2D eigenvalue weighted by Crippen LogP contribution is -2.37. The maximum Gasteiger partial charge on any atom is 0.253 e. The molecule has 2 aromatic rings. The summed E-state index contributed by atoms with van der Waals surface area (Å²) in [5.41, 5.74) is 0.280. The molecule has 26 heavy (non-hydrogen) atoms. The Labute approximate surface area is 162 Å². The Morgan fingerprint density at radius 1 is 0.962 bits per heavy atom. The van der Waals surface area contributed by atoms with E-state index < -0.39 is 5.91 Å². The highest BCUT2D eigenvalue weighted by atomic mass is 35.5. The van der Waals surface area contributed by atoms with Gasteiger partial charge in [-0.15, -0.1) is 0 Å². The van der Waals surface area contributed by atoms with Gasteiger partial charge in [-0.05, 0) is 43.2 Å². The van der Waals surface area contributed by atoms with Gasteiger partial charge < -0.3 is 15.4 Å². The number of hydrogen-bond donors (Lipinski definition) is 2. The third kappa shape index (κ3) is 6.94. The Hall–Kier alpha value is -2.24. The van der Waals surface area contributed by atoms with Crippen molar-refractivity contribution >= 4 is 35.0 Å². The van der Waals surface area contributed by atoms with Crippen molar-refractivity contribution in [2.75, 3.05) is 19.7 Å². The fraction of sp³-hybridized carbons (Fsp3) is 0.263. The van der Waals surface area contributed by atoms with Gasteiger partial charge in [-0.25, -0.2) is 0 Å². The molecule has 0 saturated heterocycles. The van der Waals surface area contributed by atoms with Crippen molar-refractivity contribution in [1.29, 1.82) is 0 Å². The first-order chi connectivity index (χ1) is 12.6. The molecular weight excluding hydrogens is 375 g/mol. The van der Waals surface area contributed by atoms with E-state index in [2.05, 4.69) is 10.6 Å². The Balaban J connectivity index is 1.58. The minimum atomic E-state index is -0.418. The maximum atomic E-state index is 12.0. The Kier molecular flexibility index (Phi) is 8.25.